The van der Waals surface area contributed by atoms with Gasteiger partial charge in [-0.25, -0.2) is 0 Å². The van der Waals surface area contributed by atoms with E-state index in [2.05, 4.69) is 6.92 Å². The van der Waals surface area contributed by atoms with Crippen LogP contribution >= 0.6 is 0 Å². The fourth-order valence-electron chi connectivity index (χ4n) is 3.02. The van der Waals surface area contributed by atoms with E-state index < -0.39 is 22.8 Å². The van der Waals surface area contributed by atoms with Crippen molar-refractivity contribution >= 4 is 92.9 Å². The van der Waals surface area contributed by atoms with Crippen LogP contribution in [0.2, 0.25) is 0 Å². The summed E-state index contributed by atoms with van der Waals surface area (Å²) in [5.74, 6) is -2.43. The Bertz CT molecular complexity index is 339. The number of carboxylic acid groups (broad SMARTS) is 2. The van der Waals surface area contributed by atoms with Crippen LogP contribution < -0.4 is 0 Å². The molecule has 0 aromatic carbocycles. The Morgan fingerprint density at radius 1 is 0.750 bits per heavy atom. The van der Waals surface area contributed by atoms with Crippen molar-refractivity contribution in [3.05, 3.63) is 0 Å². The average molecular weight is 379 g/mol. The van der Waals surface area contributed by atoms with E-state index in [0.717, 1.165) is 19.3 Å². The molecule has 134 valence electrons. The Balaban J connectivity index is -0.00000220. The number of carbonyl (C=O) groups is 2. The fraction of sp³-hybridized carbons (Fsp3) is 0.889. The standard InChI is InChI=1S/C18H34O4.K.Na.2H/c1-5-6-7-8-9-10-11-12-13-14-18(15(19)20,16(21)22)17(2,3)4;;;;/h5-14H2,1-4H3,(H,19,20)(H,21,22);;;;. The molecule has 0 unspecified atom stereocenters. The van der Waals surface area contributed by atoms with Crippen molar-refractivity contribution in [2.45, 2.75) is 91.9 Å². The molecule has 4 nitrogen and oxygen atoms in total. The molecular weight excluding hydrogens is 342 g/mol. The van der Waals surface area contributed by atoms with Gasteiger partial charge < -0.3 is 10.2 Å². The van der Waals surface area contributed by atoms with Crippen molar-refractivity contribution in [3.8, 4) is 0 Å². The first-order valence-electron chi connectivity index (χ1n) is 8.67. The SMILES string of the molecule is CCCCCCCCCCCC(C(=O)O)(C(=O)O)C(C)(C)C.[KH].[NaH]. The molecule has 0 spiro atoms. The number of hydrogen-bond donors (Lipinski definition) is 2. The van der Waals surface area contributed by atoms with Gasteiger partial charge in [-0.1, -0.05) is 85.5 Å². The van der Waals surface area contributed by atoms with Crippen LogP contribution in [-0.2, 0) is 9.59 Å². The topological polar surface area (TPSA) is 74.6 Å². The Morgan fingerprint density at radius 2 is 1.08 bits per heavy atom. The summed E-state index contributed by atoms with van der Waals surface area (Å²) in [5.41, 5.74) is -2.49. The molecule has 0 amide bonds. The molecular formula is C18H36KNaO4. The predicted octanol–water partition coefficient (Wildman–Crippen LogP) is 3.81. The molecule has 0 saturated carbocycles. The summed E-state index contributed by atoms with van der Waals surface area (Å²) in [6, 6.07) is 0. The maximum atomic E-state index is 11.6. The molecule has 24 heavy (non-hydrogen) atoms. The van der Waals surface area contributed by atoms with E-state index in [9.17, 15) is 19.8 Å². The molecule has 0 radical (unpaired) electrons. The molecule has 0 aliphatic carbocycles. The number of aliphatic carboxylic acids is 2. The quantitative estimate of drug-likeness (QED) is 0.308. The molecule has 0 atom stereocenters. The molecule has 0 aromatic rings. The van der Waals surface area contributed by atoms with Crippen LogP contribution in [-0.4, -0.2) is 103 Å². The van der Waals surface area contributed by atoms with E-state index in [1.165, 1.54) is 32.1 Å². The van der Waals surface area contributed by atoms with Crippen molar-refractivity contribution in [2.24, 2.45) is 10.8 Å². The van der Waals surface area contributed by atoms with Gasteiger partial charge in [-0.15, -0.1) is 0 Å². The first-order chi connectivity index (χ1) is 10.2. The predicted molar refractivity (Wildman–Crippen MR) is 103 cm³/mol. The minimum atomic E-state index is -1.69. The summed E-state index contributed by atoms with van der Waals surface area (Å²) in [6.45, 7) is 7.29. The summed E-state index contributed by atoms with van der Waals surface area (Å²) in [4.78, 5) is 23.2. The Hall–Kier alpha value is 1.58. The number of unbranched alkanes of at least 4 members (excludes halogenated alkanes) is 8. The molecule has 0 rings (SSSR count). The van der Waals surface area contributed by atoms with Gasteiger partial charge in [0.1, 0.15) is 0 Å². The maximum absolute atomic E-state index is 11.6. The van der Waals surface area contributed by atoms with Gasteiger partial charge in [0.05, 0.1) is 0 Å². The number of hydrogen-bond acceptors (Lipinski definition) is 2. The van der Waals surface area contributed by atoms with Crippen LogP contribution in [0.5, 0.6) is 0 Å². The molecule has 0 bridgehead atoms. The van der Waals surface area contributed by atoms with Crippen LogP contribution in [0.1, 0.15) is 91.9 Å². The van der Waals surface area contributed by atoms with Crippen molar-refractivity contribution in [1.82, 2.24) is 0 Å². The minimum absolute atomic E-state index is 0. The summed E-state index contributed by atoms with van der Waals surface area (Å²) in [5, 5.41) is 18.9. The van der Waals surface area contributed by atoms with Gasteiger partial charge in [0.25, 0.3) is 0 Å². The monoisotopic (exact) mass is 378 g/mol. The van der Waals surface area contributed by atoms with Crippen LogP contribution in [0.3, 0.4) is 0 Å². The van der Waals surface area contributed by atoms with Crippen LogP contribution in [0, 0.1) is 10.8 Å². The Kier molecular flexibility index (Phi) is 19.7. The molecule has 0 aromatic heterocycles. The zero-order valence-corrected chi connectivity index (χ0v) is 14.8. The number of rotatable bonds is 12. The summed E-state index contributed by atoms with van der Waals surface area (Å²) in [7, 11) is 0. The van der Waals surface area contributed by atoms with E-state index in [0.29, 0.717) is 6.42 Å². The van der Waals surface area contributed by atoms with E-state index >= 15 is 0 Å². The van der Waals surface area contributed by atoms with Crippen LogP contribution in [0.4, 0.5) is 0 Å². The number of carboxylic acids is 2. The first-order valence-corrected chi connectivity index (χ1v) is 8.67. The van der Waals surface area contributed by atoms with Crippen LogP contribution in [0.25, 0.3) is 0 Å². The summed E-state index contributed by atoms with van der Waals surface area (Å²) in [6.07, 6.45) is 10.3. The Labute approximate surface area is 212 Å². The summed E-state index contributed by atoms with van der Waals surface area (Å²) < 4.78 is 0. The molecule has 6 heteroatoms. The molecule has 0 heterocycles. The third-order valence-electron chi connectivity index (χ3n) is 4.67. The second-order valence-corrected chi connectivity index (χ2v) is 7.34. The van der Waals surface area contributed by atoms with Crippen molar-refractivity contribution in [2.75, 3.05) is 0 Å². The first kappa shape index (κ1) is 30.3. The molecule has 0 aliphatic rings. The average Bonchev–Trinajstić information content (AvgIpc) is 2.38. The van der Waals surface area contributed by atoms with E-state index in [4.69, 9.17) is 0 Å². The zero-order chi connectivity index (χ0) is 17.2. The van der Waals surface area contributed by atoms with E-state index in [1.807, 2.05) is 0 Å². The third kappa shape index (κ3) is 10.1. The summed E-state index contributed by atoms with van der Waals surface area (Å²) >= 11 is 0. The van der Waals surface area contributed by atoms with Gasteiger partial charge in [0.15, 0.2) is 5.41 Å². The fourth-order valence-corrected chi connectivity index (χ4v) is 3.02. The van der Waals surface area contributed by atoms with Gasteiger partial charge in [-0.3, -0.25) is 9.59 Å². The molecule has 0 fully saturated rings. The van der Waals surface area contributed by atoms with Crippen molar-refractivity contribution < 1.29 is 19.8 Å². The molecule has 0 saturated heterocycles. The second-order valence-electron chi connectivity index (χ2n) is 7.34. The van der Waals surface area contributed by atoms with Crippen LogP contribution in [0.15, 0.2) is 0 Å². The van der Waals surface area contributed by atoms with E-state index in [1.54, 1.807) is 20.8 Å². The van der Waals surface area contributed by atoms with Gasteiger partial charge in [-0.2, -0.15) is 0 Å². The van der Waals surface area contributed by atoms with Gasteiger partial charge >= 0.3 is 92.9 Å². The van der Waals surface area contributed by atoms with Gasteiger partial charge in [0, 0.05) is 0 Å². The molecule has 0 aliphatic heterocycles. The van der Waals surface area contributed by atoms with Gasteiger partial charge in [0.2, 0.25) is 0 Å². The van der Waals surface area contributed by atoms with Crippen molar-refractivity contribution in [1.29, 1.82) is 0 Å². The zero-order valence-electron chi connectivity index (χ0n) is 14.8. The Morgan fingerprint density at radius 3 is 1.38 bits per heavy atom. The normalized spacial score (nSPS) is 11.3. The van der Waals surface area contributed by atoms with Gasteiger partial charge in [-0.05, 0) is 11.8 Å². The third-order valence-corrected chi connectivity index (χ3v) is 4.67. The second kappa shape index (κ2) is 15.6. The van der Waals surface area contributed by atoms with Crippen molar-refractivity contribution in [3.63, 3.8) is 0 Å². The molecule has 2 N–H and O–H groups in total. The van der Waals surface area contributed by atoms with E-state index in [-0.39, 0.29) is 87.4 Å².